The molecule has 14 heavy (non-hydrogen) atoms. The third-order valence-corrected chi connectivity index (χ3v) is 1.43. The van der Waals surface area contributed by atoms with E-state index in [1.165, 1.54) is 19.9 Å². The number of aliphatic hydroxyl groups is 1. The van der Waals surface area contributed by atoms with Gasteiger partial charge in [-0.1, -0.05) is 11.8 Å². The van der Waals surface area contributed by atoms with Crippen molar-refractivity contribution >= 4 is 0 Å². The van der Waals surface area contributed by atoms with Crippen LogP contribution in [-0.2, 0) is 0 Å². The van der Waals surface area contributed by atoms with Crippen LogP contribution < -0.4 is 0 Å². The third-order valence-electron chi connectivity index (χ3n) is 1.43. The summed E-state index contributed by atoms with van der Waals surface area (Å²) in [6, 6.07) is 3.36. The molecule has 0 atom stereocenters. The molecule has 74 valence electrons. The van der Waals surface area contributed by atoms with Crippen LogP contribution in [0.3, 0.4) is 0 Å². The van der Waals surface area contributed by atoms with Crippen molar-refractivity contribution in [3.8, 4) is 11.8 Å². The third kappa shape index (κ3) is 3.15. The normalized spacial score (nSPS) is 10.6. The Kier molecular flexibility index (Phi) is 2.87. The van der Waals surface area contributed by atoms with E-state index in [4.69, 9.17) is 0 Å². The second kappa shape index (κ2) is 3.77. The van der Waals surface area contributed by atoms with Gasteiger partial charge in [-0.15, -0.1) is 0 Å². The Morgan fingerprint density at radius 3 is 2.36 bits per heavy atom. The van der Waals surface area contributed by atoms with E-state index in [0.29, 0.717) is 5.56 Å². The first-order chi connectivity index (χ1) is 6.38. The molecular weight excluding hydrogens is 186 g/mol. The summed E-state index contributed by atoms with van der Waals surface area (Å²) in [4.78, 5) is 0. The maximum atomic E-state index is 12.7. The molecule has 0 fully saturated rings. The molecule has 0 aliphatic heterocycles. The number of halogens is 2. The van der Waals surface area contributed by atoms with E-state index in [1.54, 1.807) is 0 Å². The topological polar surface area (TPSA) is 20.2 Å². The zero-order valence-electron chi connectivity index (χ0n) is 7.94. The zero-order valence-corrected chi connectivity index (χ0v) is 7.94. The zero-order chi connectivity index (χ0) is 10.8. The van der Waals surface area contributed by atoms with Crippen molar-refractivity contribution in [1.29, 1.82) is 0 Å². The van der Waals surface area contributed by atoms with Gasteiger partial charge in [-0.05, 0) is 32.0 Å². The van der Waals surface area contributed by atoms with Gasteiger partial charge >= 0.3 is 0 Å². The van der Waals surface area contributed by atoms with E-state index < -0.39 is 17.2 Å². The SMILES string of the molecule is CC(C)(O)C#Cc1ccc(F)c(F)c1. The minimum atomic E-state index is -1.13. The van der Waals surface area contributed by atoms with Gasteiger partial charge in [0.05, 0.1) is 0 Å². The van der Waals surface area contributed by atoms with Gasteiger partial charge < -0.3 is 5.11 Å². The molecule has 0 radical (unpaired) electrons. The molecule has 1 N–H and O–H groups in total. The summed E-state index contributed by atoms with van der Waals surface area (Å²) in [7, 11) is 0. The maximum Gasteiger partial charge on any atom is 0.160 e. The summed E-state index contributed by atoms with van der Waals surface area (Å²) in [5, 5.41) is 9.26. The average Bonchev–Trinajstić information content (AvgIpc) is 2.06. The predicted molar refractivity (Wildman–Crippen MR) is 49.5 cm³/mol. The van der Waals surface area contributed by atoms with Crippen LogP contribution in [-0.4, -0.2) is 10.7 Å². The summed E-state index contributed by atoms with van der Waals surface area (Å²) in [6.45, 7) is 3.03. The first kappa shape index (κ1) is 10.7. The van der Waals surface area contributed by atoms with E-state index >= 15 is 0 Å². The van der Waals surface area contributed by atoms with E-state index in [2.05, 4.69) is 11.8 Å². The Morgan fingerprint density at radius 1 is 1.21 bits per heavy atom. The van der Waals surface area contributed by atoms with Crippen molar-refractivity contribution in [2.45, 2.75) is 19.4 Å². The number of hydrogen-bond donors (Lipinski definition) is 1. The monoisotopic (exact) mass is 196 g/mol. The smallest absolute Gasteiger partial charge is 0.160 e. The van der Waals surface area contributed by atoms with Gasteiger partial charge in [0, 0.05) is 5.56 Å². The lowest BCUT2D eigenvalue weighted by atomic mass is 10.1. The van der Waals surface area contributed by atoms with Gasteiger partial charge in [0.15, 0.2) is 11.6 Å². The highest BCUT2D eigenvalue weighted by atomic mass is 19.2. The van der Waals surface area contributed by atoms with Crippen molar-refractivity contribution in [2.24, 2.45) is 0 Å². The first-order valence-corrected chi connectivity index (χ1v) is 4.09. The van der Waals surface area contributed by atoms with Gasteiger partial charge in [-0.2, -0.15) is 0 Å². The van der Waals surface area contributed by atoms with Gasteiger partial charge in [0.2, 0.25) is 0 Å². The summed E-state index contributed by atoms with van der Waals surface area (Å²) in [6.07, 6.45) is 0. The molecule has 0 heterocycles. The van der Waals surface area contributed by atoms with Crippen LogP contribution in [0.2, 0.25) is 0 Å². The molecule has 0 aromatic heterocycles. The predicted octanol–water partition coefficient (Wildman–Crippen LogP) is 2.09. The second-order valence-electron chi connectivity index (χ2n) is 3.44. The Balaban J connectivity index is 2.98. The molecule has 3 heteroatoms. The van der Waals surface area contributed by atoms with Gasteiger partial charge in [-0.3, -0.25) is 0 Å². The van der Waals surface area contributed by atoms with Crippen molar-refractivity contribution in [1.82, 2.24) is 0 Å². The molecule has 0 aliphatic carbocycles. The van der Waals surface area contributed by atoms with Crippen LogP contribution >= 0.6 is 0 Å². The molecule has 0 aliphatic rings. The highest BCUT2D eigenvalue weighted by Crippen LogP contribution is 2.08. The van der Waals surface area contributed by atoms with E-state index in [-0.39, 0.29) is 0 Å². The lowest BCUT2D eigenvalue weighted by Crippen LogP contribution is -2.14. The molecule has 1 aromatic carbocycles. The maximum absolute atomic E-state index is 12.7. The fourth-order valence-electron chi connectivity index (χ4n) is 0.799. The Labute approximate surface area is 81.4 Å². The van der Waals surface area contributed by atoms with Crippen LogP contribution in [0.1, 0.15) is 19.4 Å². The number of benzene rings is 1. The van der Waals surface area contributed by atoms with Crippen LogP contribution in [0.4, 0.5) is 8.78 Å². The van der Waals surface area contributed by atoms with Gasteiger partial charge in [0.25, 0.3) is 0 Å². The van der Waals surface area contributed by atoms with E-state index in [9.17, 15) is 13.9 Å². The van der Waals surface area contributed by atoms with Crippen molar-refractivity contribution < 1.29 is 13.9 Å². The van der Waals surface area contributed by atoms with Gasteiger partial charge in [0.1, 0.15) is 5.60 Å². The first-order valence-electron chi connectivity index (χ1n) is 4.09. The highest BCUT2D eigenvalue weighted by Gasteiger charge is 2.06. The fourth-order valence-corrected chi connectivity index (χ4v) is 0.799. The van der Waals surface area contributed by atoms with E-state index in [1.807, 2.05) is 0 Å². The Hall–Kier alpha value is -1.40. The fraction of sp³-hybridized carbons (Fsp3) is 0.273. The minimum absolute atomic E-state index is 0.339. The molecule has 0 amide bonds. The Bertz CT molecular complexity index is 394. The molecular formula is C11H10F2O. The standard InChI is InChI=1S/C11H10F2O/c1-11(2,14)6-5-8-3-4-9(12)10(13)7-8/h3-4,7,14H,1-2H3. The molecule has 1 aromatic rings. The van der Waals surface area contributed by atoms with E-state index in [0.717, 1.165) is 12.1 Å². The summed E-state index contributed by atoms with van der Waals surface area (Å²) < 4.78 is 25.2. The summed E-state index contributed by atoms with van der Waals surface area (Å²) in [5.74, 6) is 3.21. The Morgan fingerprint density at radius 2 is 1.86 bits per heavy atom. The molecule has 0 unspecified atom stereocenters. The van der Waals surface area contributed by atoms with Crippen molar-refractivity contribution in [2.75, 3.05) is 0 Å². The highest BCUT2D eigenvalue weighted by molar-refractivity contribution is 5.36. The number of rotatable bonds is 0. The van der Waals surface area contributed by atoms with Crippen LogP contribution in [0.25, 0.3) is 0 Å². The molecule has 1 rings (SSSR count). The van der Waals surface area contributed by atoms with Crippen LogP contribution in [0.5, 0.6) is 0 Å². The van der Waals surface area contributed by atoms with Crippen molar-refractivity contribution in [3.63, 3.8) is 0 Å². The molecule has 0 saturated heterocycles. The van der Waals surface area contributed by atoms with Crippen LogP contribution in [0.15, 0.2) is 18.2 Å². The summed E-state index contributed by atoms with van der Waals surface area (Å²) >= 11 is 0. The average molecular weight is 196 g/mol. The number of hydrogen-bond acceptors (Lipinski definition) is 1. The molecule has 1 nitrogen and oxygen atoms in total. The lowest BCUT2D eigenvalue weighted by Gasteiger charge is -2.05. The molecule has 0 bridgehead atoms. The van der Waals surface area contributed by atoms with Crippen molar-refractivity contribution in [3.05, 3.63) is 35.4 Å². The molecule has 0 saturated carbocycles. The quantitative estimate of drug-likeness (QED) is 0.630. The minimum Gasteiger partial charge on any atom is -0.378 e. The lowest BCUT2D eigenvalue weighted by molar-refractivity contribution is 0.143. The van der Waals surface area contributed by atoms with Gasteiger partial charge in [-0.25, -0.2) is 8.78 Å². The summed E-state index contributed by atoms with van der Waals surface area (Å²) in [5.41, 5.74) is -0.795. The van der Waals surface area contributed by atoms with Crippen LogP contribution in [0, 0.1) is 23.5 Å². The second-order valence-corrected chi connectivity index (χ2v) is 3.44. The molecule has 0 spiro atoms. The largest absolute Gasteiger partial charge is 0.378 e.